The Kier molecular flexibility index (Phi) is 10.3. The molecule has 8 nitrogen and oxygen atoms in total. The number of aryl methyl sites for hydroxylation is 1. The Morgan fingerprint density at radius 1 is 1.03 bits per heavy atom. The zero-order chi connectivity index (χ0) is 26.8. The Bertz CT molecular complexity index is 1030. The summed E-state index contributed by atoms with van der Waals surface area (Å²) in [6.07, 6.45) is 4.67. The Hall–Kier alpha value is -2.81. The largest absolute Gasteiger partial charge is 0.493 e. The fourth-order valence-corrected chi connectivity index (χ4v) is 4.97. The minimum absolute atomic E-state index is 0.158. The van der Waals surface area contributed by atoms with Crippen LogP contribution in [-0.4, -0.2) is 86.1 Å². The number of aliphatic hydroxyl groups is 1. The highest BCUT2D eigenvalue weighted by Gasteiger charge is 2.33. The molecule has 0 bridgehead atoms. The average molecular weight is 527 g/mol. The summed E-state index contributed by atoms with van der Waals surface area (Å²) in [5, 5.41) is 11.2. The van der Waals surface area contributed by atoms with E-state index in [1.807, 2.05) is 54.3 Å². The number of amides is 1. The predicted molar refractivity (Wildman–Crippen MR) is 146 cm³/mol. The monoisotopic (exact) mass is 526 g/mol. The quantitative estimate of drug-likeness (QED) is 0.446. The molecule has 2 aromatic carbocycles. The first-order valence-electron chi connectivity index (χ1n) is 13.7. The maximum absolute atomic E-state index is 12.2. The molecule has 2 heterocycles. The van der Waals surface area contributed by atoms with Crippen LogP contribution in [0.2, 0.25) is 0 Å². The molecule has 2 aromatic rings. The van der Waals surface area contributed by atoms with Gasteiger partial charge in [-0.05, 0) is 56.0 Å². The van der Waals surface area contributed by atoms with Crippen molar-refractivity contribution in [2.45, 2.75) is 51.2 Å². The van der Waals surface area contributed by atoms with E-state index < -0.39 is 5.60 Å². The summed E-state index contributed by atoms with van der Waals surface area (Å²) in [7, 11) is 1.64. The Balaban J connectivity index is 1.29. The van der Waals surface area contributed by atoms with Gasteiger partial charge in [-0.1, -0.05) is 30.2 Å². The summed E-state index contributed by atoms with van der Waals surface area (Å²) in [4.78, 5) is 16.3. The third kappa shape index (κ3) is 8.35. The number of ether oxygens (including phenoxy) is 4. The molecule has 4 rings (SSSR count). The number of β-amino-alcohol motifs (C(OH)–C–C–N with tert-alkyl or cyclic N) is 1. The number of hydrogen-bond acceptors (Lipinski definition) is 7. The van der Waals surface area contributed by atoms with Gasteiger partial charge in [-0.25, -0.2) is 0 Å². The second-order valence-electron chi connectivity index (χ2n) is 10.5. The van der Waals surface area contributed by atoms with E-state index in [9.17, 15) is 9.90 Å². The Morgan fingerprint density at radius 3 is 2.68 bits per heavy atom. The van der Waals surface area contributed by atoms with Crippen molar-refractivity contribution in [3.05, 3.63) is 53.6 Å². The second kappa shape index (κ2) is 13.8. The molecular formula is C30H42N2O6. The van der Waals surface area contributed by atoms with Gasteiger partial charge >= 0.3 is 0 Å². The third-order valence-electron chi connectivity index (χ3n) is 7.10. The predicted octanol–water partition coefficient (Wildman–Crippen LogP) is 3.82. The first kappa shape index (κ1) is 28.2. The molecule has 2 fully saturated rings. The van der Waals surface area contributed by atoms with Crippen LogP contribution >= 0.6 is 0 Å². The number of methoxy groups -OCH3 is 1. The van der Waals surface area contributed by atoms with Gasteiger partial charge in [-0.15, -0.1) is 0 Å². The van der Waals surface area contributed by atoms with Crippen molar-refractivity contribution in [1.29, 1.82) is 0 Å². The number of hydrogen-bond donors (Lipinski definition) is 1. The number of benzene rings is 2. The molecule has 38 heavy (non-hydrogen) atoms. The number of rotatable bonds is 11. The Labute approximate surface area is 226 Å². The summed E-state index contributed by atoms with van der Waals surface area (Å²) in [6, 6.07) is 13.8. The first-order chi connectivity index (χ1) is 18.4. The van der Waals surface area contributed by atoms with Crippen LogP contribution in [0.1, 0.15) is 43.2 Å². The van der Waals surface area contributed by atoms with Gasteiger partial charge in [0.1, 0.15) is 18.0 Å². The Morgan fingerprint density at radius 2 is 1.87 bits per heavy atom. The molecule has 8 heteroatoms. The average Bonchev–Trinajstić information content (AvgIpc) is 3.24. The topological polar surface area (TPSA) is 80.7 Å². The van der Waals surface area contributed by atoms with E-state index in [4.69, 9.17) is 18.9 Å². The lowest BCUT2D eigenvalue weighted by Gasteiger charge is -2.30. The van der Waals surface area contributed by atoms with Crippen molar-refractivity contribution < 1.29 is 28.8 Å². The van der Waals surface area contributed by atoms with Crippen LogP contribution in [0, 0.1) is 6.92 Å². The fraction of sp³-hybridized carbons (Fsp3) is 0.567. The van der Waals surface area contributed by atoms with Gasteiger partial charge in [0.15, 0.2) is 11.5 Å². The van der Waals surface area contributed by atoms with E-state index in [1.165, 1.54) is 0 Å². The van der Waals surface area contributed by atoms with Crippen molar-refractivity contribution in [3.8, 4) is 17.2 Å². The molecule has 0 saturated carbocycles. The molecule has 0 spiro atoms. The summed E-state index contributed by atoms with van der Waals surface area (Å²) in [6.45, 7) is 6.87. The summed E-state index contributed by atoms with van der Waals surface area (Å²) in [5.74, 6) is 2.37. The molecule has 0 unspecified atom stereocenters. The van der Waals surface area contributed by atoms with E-state index in [0.717, 1.165) is 55.6 Å². The van der Waals surface area contributed by atoms with Crippen LogP contribution in [0.4, 0.5) is 0 Å². The molecule has 2 aliphatic heterocycles. The fourth-order valence-electron chi connectivity index (χ4n) is 4.97. The van der Waals surface area contributed by atoms with Crippen LogP contribution in [-0.2, 0) is 16.1 Å². The van der Waals surface area contributed by atoms with Crippen molar-refractivity contribution in [1.82, 2.24) is 9.80 Å². The van der Waals surface area contributed by atoms with Crippen LogP contribution in [0.5, 0.6) is 17.2 Å². The maximum Gasteiger partial charge on any atom is 0.222 e. The van der Waals surface area contributed by atoms with Gasteiger partial charge in [0.25, 0.3) is 0 Å². The molecule has 1 atom stereocenters. The molecule has 208 valence electrons. The van der Waals surface area contributed by atoms with Gasteiger partial charge in [-0.3, -0.25) is 9.69 Å². The standard InChI is InChI=1S/C30H42N2O6/c1-24-8-11-26(12-9-24)38-23-30(34)21-31(16-18-36-22-30)20-25-10-13-27(28(19-25)35-2)37-17-6-15-32-14-5-3-4-7-29(32)33/h8-13,19,34H,3-7,14-18,20-23H2,1-2H3/t30-/m1/s1. The van der Waals surface area contributed by atoms with Crippen LogP contribution in [0.3, 0.4) is 0 Å². The third-order valence-corrected chi connectivity index (χ3v) is 7.10. The highest BCUT2D eigenvalue weighted by molar-refractivity contribution is 5.76. The van der Waals surface area contributed by atoms with Crippen molar-refractivity contribution >= 4 is 5.91 Å². The zero-order valence-corrected chi connectivity index (χ0v) is 22.8. The van der Waals surface area contributed by atoms with E-state index in [1.54, 1.807) is 7.11 Å². The van der Waals surface area contributed by atoms with Gasteiger partial charge in [0.2, 0.25) is 5.91 Å². The van der Waals surface area contributed by atoms with E-state index in [0.29, 0.717) is 50.8 Å². The van der Waals surface area contributed by atoms with E-state index >= 15 is 0 Å². The molecule has 2 aliphatic rings. The summed E-state index contributed by atoms with van der Waals surface area (Å²) >= 11 is 0. The molecule has 2 saturated heterocycles. The van der Waals surface area contributed by atoms with Crippen LogP contribution in [0.25, 0.3) is 0 Å². The number of carbonyl (C=O) groups is 1. The lowest BCUT2D eigenvalue weighted by molar-refractivity contribution is -0.130. The highest BCUT2D eigenvalue weighted by atomic mass is 16.5. The lowest BCUT2D eigenvalue weighted by atomic mass is 10.1. The minimum Gasteiger partial charge on any atom is -0.493 e. The van der Waals surface area contributed by atoms with Crippen molar-refractivity contribution in [2.24, 2.45) is 0 Å². The SMILES string of the molecule is COc1cc(CN2CCOC[C@@](O)(COc3ccc(C)cc3)C2)ccc1OCCCN1CCCCCC1=O. The molecule has 0 aromatic heterocycles. The van der Waals surface area contributed by atoms with Crippen LogP contribution in [0.15, 0.2) is 42.5 Å². The maximum atomic E-state index is 12.2. The first-order valence-corrected chi connectivity index (χ1v) is 13.7. The van der Waals surface area contributed by atoms with E-state index in [-0.39, 0.29) is 19.1 Å². The van der Waals surface area contributed by atoms with Gasteiger partial charge in [-0.2, -0.15) is 0 Å². The number of likely N-dealkylation sites (tertiary alicyclic amines) is 1. The van der Waals surface area contributed by atoms with Crippen molar-refractivity contribution in [3.63, 3.8) is 0 Å². The van der Waals surface area contributed by atoms with Crippen molar-refractivity contribution in [2.75, 3.05) is 59.7 Å². The molecule has 1 amide bonds. The smallest absolute Gasteiger partial charge is 0.222 e. The molecule has 0 aliphatic carbocycles. The zero-order valence-electron chi connectivity index (χ0n) is 22.8. The lowest BCUT2D eigenvalue weighted by Crippen LogP contribution is -2.48. The number of nitrogens with zero attached hydrogens (tertiary/aromatic N) is 2. The minimum atomic E-state index is -1.11. The van der Waals surface area contributed by atoms with Gasteiger partial charge < -0.3 is 29.0 Å². The van der Waals surface area contributed by atoms with Gasteiger partial charge in [0.05, 0.1) is 26.9 Å². The second-order valence-corrected chi connectivity index (χ2v) is 10.5. The highest BCUT2D eigenvalue weighted by Crippen LogP contribution is 2.29. The van der Waals surface area contributed by atoms with Crippen LogP contribution < -0.4 is 14.2 Å². The molecule has 1 N–H and O–H groups in total. The summed E-state index contributed by atoms with van der Waals surface area (Å²) < 4.78 is 23.2. The molecule has 0 radical (unpaired) electrons. The summed E-state index contributed by atoms with van der Waals surface area (Å²) in [5.41, 5.74) is 1.12. The van der Waals surface area contributed by atoms with E-state index in [2.05, 4.69) is 4.90 Å². The number of carbonyl (C=O) groups excluding carboxylic acids is 1. The van der Waals surface area contributed by atoms with Gasteiger partial charge in [0, 0.05) is 39.1 Å². The normalized spacial score (nSPS) is 21.0. The molecular weight excluding hydrogens is 484 g/mol.